The average Bonchev–Trinajstić information content (AvgIpc) is 2.90. The average molecular weight is 299 g/mol. The third-order valence-electron chi connectivity index (χ3n) is 2.18. The van der Waals surface area contributed by atoms with Gasteiger partial charge < -0.3 is 10.1 Å². The number of hydrogen-bond donors (Lipinski definition) is 2. The number of methoxy groups -OCH3 is 1. The smallest absolute Gasteiger partial charge is 0.234 e. The zero-order valence-electron chi connectivity index (χ0n) is 10.0. The van der Waals surface area contributed by atoms with Crippen LogP contribution in [0.5, 0.6) is 5.75 Å². The molecule has 0 saturated carbocycles. The quantitative estimate of drug-likeness (QED) is 0.827. The van der Waals surface area contributed by atoms with Gasteiger partial charge in [0, 0.05) is 5.02 Å². The Kier molecular flexibility index (Phi) is 4.64. The van der Waals surface area contributed by atoms with Crippen molar-refractivity contribution in [1.29, 1.82) is 0 Å². The van der Waals surface area contributed by atoms with Crippen LogP contribution >= 0.6 is 23.4 Å². The number of aromatic amines is 1. The van der Waals surface area contributed by atoms with E-state index in [4.69, 9.17) is 16.3 Å². The van der Waals surface area contributed by atoms with E-state index in [9.17, 15) is 4.79 Å². The van der Waals surface area contributed by atoms with Gasteiger partial charge in [0.25, 0.3) is 0 Å². The lowest BCUT2D eigenvalue weighted by Gasteiger charge is -2.09. The largest absolute Gasteiger partial charge is 0.495 e. The summed E-state index contributed by atoms with van der Waals surface area (Å²) in [6, 6.07) is 5.03. The van der Waals surface area contributed by atoms with Gasteiger partial charge in [0.05, 0.1) is 24.7 Å². The first-order valence-corrected chi connectivity index (χ1v) is 6.67. The molecule has 8 heteroatoms. The van der Waals surface area contributed by atoms with Crippen molar-refractivity contribution >= 4 is 35.0 Å². The molecule has 0 radical (unpaired) electrons. The summed E-state index contributed by atoms with van der Waals surface area (Å²) in [5.41, 5.74) is 0.542. The molecule has 0 aliphatic heterocycles. The highest BCUT2D eigenvalue weighted by atomic mass is 35.5. The minimum Gasteiger partial charge on any atom is -0.495 e. The molecule has 6 nitrogen and oxygen atoms in total. The molecule has 0 spiro atoms. The monoisotopic (exact) mass is 298 g/mol. The van der Waals surface area contributed by atoms with Gasteiger partial charge in [0.1, 0.15) is 10.8 Å². The first kappa shape index (κ1) is 13.7. The third-order valence-corrected chi connectivity index (χ3v) is 3.31. The highest BCUT2D eigenvalue weighted by molar-refractivity contribution is 7.99. The molecule has 2 aromatic rings. The van der Waals surface area contributed by atoms with Crippen molar-refractivity contribution < 1.29 is 9.53 Å². The van der Waals surface area contributed by atoms with Crippen LogP contribution in [0, 0.1) is 0 Å². The van der Waals surface area contributed by atoms with Crippen molar-refractivity contribution in [2.75, 3.05) is 18.2 Å². The number of carbonyl (C=O) groups is 1. The van der Waals surface area contributed by atoms with Crippen molar-refractivity contribution in [3.8, 4) is 5.75 Å². The summed E-state index contributed by atoms with van der Waals surface area (Å²) < 4.78 is 5.14. The number of benzene rings is 1. The lowest BCUT2D eigenvalue weighted by Crippen LogP contribution is -2.14. The molecule has 0 aliphatic carbocycles. The Morgan fingerprint density at radius 3 is 3.11 bits per heavy atom. The number of aromatic nitrogens is 3. The number of rotatable bonds is 5. The minimum atomic E-state index is -0.173. The Balaban J connectivity index is 1.96. The predicted octanol–water partition coefficient (Wildman–Crippen LogP) is 2.20. The fraction of sp³-hybridized carbons (Fsp3) is 0.182. The Labute approximate surface area is 118 Å². The van der Waals surface area contributed by atoms with Crippen LogP contribution in [0.3, 0.4) is 0 Å². The Hall–Kier alpha value is -1.73. The maximum Gasteiger partial charge on any atom is 0.234 e. The van der Waals surface area contributed by atoms with Crippen molar-refractivity contribution in [1.82, 2.24) is 15.4 Å². The van der Waals surface area contributed by atoms with Gasteiger partial charge >= 0.3 is 0 Å². The molecule has 100 valence electrons. The van der Waals surface area contributed by atoms with E-state index in [2.05, 4.69) is 20.7 Å². The first-order chi connectivity index (χ1) is 9.19. The summed E-state index contributed by atoms with van der Waals surface area (Å²) in [5, 5.41) is 13.9. The van der Waals surface area contributed by atoms with Gasteiger partial charge in [-0.05, 0) is 18.2 Å². The molecule has 0 unspecified atom stereocenters. The lowest BCUT2D eigenvalue weighted by molar-refractivity contribution is -0.113. The molecule has 2 N–H and O–H groups in total. The van der Waals surface area contributed by atoms with Crippen molar-refractivity contribution in [3.63, 3.8) is 0 Å². The van der Waals surface area contributed by atoms with Gasteiger partial charge in [0.15, 0.2) is 0 Å². The number of nitrogens with one attached hydrogen (secondary N) is 2. The predicted molar refractivity (Wildman–Crippen MR) is 73.7 cm³/mol. The van der Waals surface area contributed by atoms with Crippen LogP contribution < -0.4 is 10.1 Å². The second-order valence-corrected chi connectivity index (χ2v) is 4.92. The Morgan fingerprint density at radius 1 is 1.58 bits per heavy atom. The number of H-pyrrole nitrogens is 1. The molecule has 0 saturated heterocycles. The molecule has 1 aromatic carbocycles. The van der Waals surface area contributed by atoms with Gasteiger partial charge in [-0.3, -0.25) is 4.79 Å². The van der Waals surface area contributed by atoms with E-state index < -0.39 is 0 Å². The van der Waals surface area contributed by atoms with E-state index in [0.717, 1.165) is 0 Å². The van der Waals surface area contributed by atoms with Crippen molar-refractivity contribution in [3.05, 3.63) is 29.4 Å². The number of ether oxygens (including phenoxy) is 1. The summed E-state index contributed by atoms with van der Waals surface area (Å²) in [6.07, 6.45) is 1.55. The first-order valence-electron chi connectivity index (χ1n) is 5.31. The van der Waals surface area contributed by atoms with Gasteiger partial charge in [0.2, 0.25) is 5.91 Å². The molecule has 0 aliphatic rings. The standard InChI is InChI=1S/C11H11ClN4O2S/c1-18-9-3-2-7(12)4-8(9)14-10(17)6-19-11-5-13-16-15-11/h2-5H,6H2,1H3,(H,14,17)(H,13,15,16). The van der Waals surface area contributed by atoms with Crippen LogP contribution in [0.15, 0.2) is 29.4 Å². The van der Waals surface area contributed by atoms with Crippen molar-refractivity contribution in [2.24, 2.45) is 0 Å². The van der Waals surface area contributed by atoms with Gasteiger partial charge in [-0.25, -0.2) is 0 Å². The summed E-state index contributed by atoms with van der Waals surface area (Å²) in [6.45, 7) is 0. The summed E-state index contributed by atoms with van der Waals surface area (Å²) in [4.78, 5) is 11.8. The topological polar surface area (TPSA) is 79.9 Å². The Bertz CT molecular complexity index is 562. The molecular formula is C11H11ClN4O2S. The zero-order chi connectivity index (χ0) is 13.7. The highest BCUT2D eigenvalue weighted by Crippen LogP contribution is 2.27. The molecule has 19 heavy (non-hydrogen) atoms. The van der Waals surface area contributed by atoms with Gasteiger partial charge in [-0.2, -0.15) is 10.3 Å². The number of anilines is 1. The summed E-state index contributed by atoms with van der Waals surface area (Å²) >= 11 is 7.16. The van der Waals surface area contributed by atoms with Gasteiger partial charge in [-0.1, -0.05) is 23.4 Å². The van der Waals surface area contributed by atoms with E-state index in [1.807, 2.05) is 0 Å². The van der Waals surface area contributed by atoms with Crippen LogP contribution in [0.1, 0.15) is 0 Å². The lowest BCUT2D eigenvalue weighted by atomic mass is 10.3. The molecule has 0 fully saturated rings. The fourth-order valence-electron chi connectivity index (χ4n) is 1.36. The summed E-state index contributed by atoms with van der Waals surface area (Å²) in [5.74, 6) is 0.611. The normalized spacial score (nSPS) is 10.2. The summed E-state index contributed by atoms with van der Waals surface area (Å²) in [7, 11) is 1.53. The molecule has 2 rings (SSSR count). The molecule has 1 aromatic heterocycles. The van der Waals surface area contributed by atoms with Crippen LogP contribution in [0.2, 0.25) is 5.02 Å². The number of amides is 1. The number of nitrogens with zero attached hydrogens (tertiary/aromatic N) is 2. The van der Waals surface area contributed by atoms with Crippen molar-refractivity contribution in [2.45, 2.75) is 5.03 Å². The Morgan fingerprint density at radius 2 is 2.42 bits per heavy atom. The van der Waals surface area contributed by atoms with E-state index in [1.165, 1.54) is 18.9 Å². The van der Waals surface area contributed by atoms with E-state index in [-0.39, 0.29) is 11.7 Å². The number of halogens is 1. The number of carbonyl (C=O) groups excluding carboxylic acids is 1. The molecule has 0 bridgehead atoms. The zero-order valence-corrected chi connectivity index (χ0v) is 11.6. The minimum absolute atomic E-state index is 0.173. The highest BCUT2D eigenvalue weighted by Gasteiger charge is 2.09. The fourth-order valence-corrected chi connectivity index (χ4v) is 2.12. The van der Waals surface area contributed by atoms with Crippen LogP contribution in [-0.4, -0.2) is 34.2 Å². The second kappa shape index (κ2) is 6.44. The molecule has 1 amide bonds. The maximum absolute atomic E-state index is 11.8. The number of hydrogen-bond acceptors (Lipinski definition) is 5. The van der Waals surface area contributed by atoms with Crippen LogP contribution in [0.25, 0.3) is 0 Å². The van der Waals surface area contributed by atoms with Crippen LogP contribution in [0.4, 0.5) is 5.69 Å². The second-order valence-electron chi connectivity index (χ2n) is 3.49. The van der Waals surface area contributed by atoms with Crippen LogP contribution in [-0.2, 0) is 4.79 Å². The SMILES string of the molecule is COc1ccc(Cl)cc1NC(=O)CSc1cn[nH]n1. The molecule has 0 atom stereocenters. The van der Waals surface area contributed by atoms with Gasteiger partial charge in [-0.15, -0.1) is 5.10 Å². The maximum atomic E-state index is 11.8. The van der Waals surface area contributed by atoms with E-state index in [1.54, 1.807) is 24.4 Å². The van der Waals surface area contributed by atoms with E-state index in [0.29, 0.717) is 21.5 Å². The van der Waals surface area contributed by atoms with E-state index >= 15 is 0 Å². The number of thioether (sulfide) groups is 1. The third kappa shape index (κ3) is 3.87. The molecular weight excluding hydrogens is 288 g/mol. The molecule has 1 heterocycles.